The van der Waals surface area contributed by atoms with Crippen LogP contribution in [0.3, 0.4) is 0 Å². The van der Waals surface area contributed by atoms with Gasteiger partial charge >= 0.3 is 0 Å². The Labute approximate surface area is 99.4 Å². The molecule has 0 aromatic carbocycles. The molecule has 0 aliphatic heterocycles. The number of hydrogen-bond acceptors (Lipinski definition) is 2. The van der Waals surface area contributed by atoms with Crippen molar-refractivity contribution in [3.8, 4) is 12.3 Å². The first kappa shape index (κ1) is 13.3. The van der Waals surface area contributed by atoms with Crippen LogP contribution in [0.1, 0.15) is 51.4 Å². The molecule has 1 fully saturated rings. The van der Waals surface area contributed by atoms with Gasteiger partial charge in [0, 0.05) is 12.8 Å². The van der Waals surface area contributed by atoms with E-state index < -0.39 is 0 Å². The lowest BCUT2D eigenvalue weighted by Crippen LogP contribution is -2.50. The van der Waals surface area contributed by atoms with E-state index >= 15 is 0 Å². The van der Waals surface area contributed by atoms with Gasteiger partial charge in [-0.2, -0.15) is 0 Å². The van der Waals surface area contributed by atoms with Gasteiger partial charge in [0.15, 0.2) is 5.78 Å². The third-order valence-electron chi connectivity index (χ3n) is 3.80. The molecule has 90 valence electrons. The van der Waals surface area contributed by atoms with Gasteiger partial charge in [0.2, 0.25) is 0 Å². The predicted octanol–water partition coefficient (Wildman–Crippen LogP) is 2.62. The van der Waals surface area contributed by atoms with Crippen LogP contribution in [-0.2, 0) is 4.79 Å². The van der Waals surface area contributed by atoms with Crippen LogP contribution >= 0.6 is 0 Å². The number of Topliss-reactive ketones (excluding diaryl/α,β-unsaturated/α-hetero) is 1. The van der Waals surface area contributed by atoms with Gasteiger partial charge < -0.3 is 0 Å². The summed E-state index contributed by atoms with van der Waals surface area (Å²) in [6, 6.07) is 0. The average Bonchev–Trinajstić information content (AvgIpc) is 2.52. The molecule has 0 bridgehead atoms. The van der Waals surface area contributed by atoms with Crippen LogP contribution in [0.4, 0.5) is 0 Å². The van der Waals surface area contributed by atoms with Crippen molar-refractivity contribution in [2.24, 2.45) is 0 Å². The number of carbonyl (C=O) groups excluding carboxylic acids is 1. The molecule has 2 nitrogen and oxygen atoms in total. The summed E-state index contributed by atoms with van der Waals surface area (Å²) in [7, 11) is 4.05. The number of rotatable bonds is 4. The largest absolute Gasteiger partial charge is 0.298 e. The Balaban J connectivity index is 2.78. The zero-order chi connectivity index (χ0) is 12.0. The summed E-state index contributed by atoms with van der Waals surface area (Å²) in [5, 5.41) is 0. The average molecular weight is 221 g/mol. The van der Waals surface area contributed by atoms with Crippen LogP contribution in [0, 0.1) is 12.3 Å². The molecule has 0 spiro atoms. The van der Waals surface area contributed by atoms with E-state index in [1.54, 1.807) is 0 Å². The van der Waals surface area contributed by atoms with Gasteiger partial charge in [-0.1, -0.05) is 25.7 Å². The second-order valence-electron chi connectivity index (χ2n) is 4.97. The highest BCUT2D eigenvalue weighted by Crippen LogP contribution is 2.33. The summed E-state index contributed by atoms with van der Waals surface area (Å²) in [4.78, 5) is 14.5. The number of ketones is 1. The highest BCUT2D eigenvalue weighted by Gasteiger charge is 2.39. The fourth-order valence-electron chi connectivity index (χ4n) is 2.71. The standard InChI is InChI=1S/C14H23NO/c1-4-5-10-13(16)14(15(2)3)11-8-6-7-9-12-14/h1H,5-12H2,2-3H3. The summed E-state index contributed by atoms with van der Waals surface area (Å²) in [5.74, 6) is 2.91. The minimum Gasteiger partial charge on any atom is -0.298 e. The topological polar surface area (TPSA) is 20.3 Å². The Morgan fingerprint density at radius 2 is 1.81 bits per heavy atom. The minimum absolute atomic E-state index is 0.229. The lowest BCUT2D eigenvalue weighted by Gasteiger charge is -2.38. The van der Waals surface area contributed by atoms with E-state index in [4.69, 9.17) is 6.42 Å². The third kappa shape index (κ3) is 2.86. The van der Waals surface area contributed by atoms with Crippen LogP contribution in [-0.4, -0.2) is 30.3 Å². The molecule has 16 heavy (non-hydrogen) atoms. The second kappa shape index (κ2) is 6.06. The third-order valence-corrected chi connectivity index (χ3v) is 3.80. The van der Waals surface area contributed by atoms with Gasteiger partial charge in [0.25, 0.3) is 0 Å². The summed E-state index contributed by atoms with van der Waals surface area (Å²) < 4.78 is 0. The first-order valence-corrected chi connectivity index (χ1v) is 6.28. The van der Waals surface area contributed by atoms with E-state index in [1.807, 2.05) is 14.1 Å². The molecule has 2 heteroatoms. The summed E-state index contributed by atoms with van der Waals surface area (Å²) in [5.41, 5.74) is -0.229. The predicted molar refractivity (Wildman–Crippen MR) is 67.2 cm³/mol. The molecule has 1 saturated carbocycles. The van der Waals surface area contributed by atoms with Gasteiger partial charge in [0.05, 0.1) is 5.54 Å². The first-order chi connectivity index (χ1) is 7.63. The molecule has 0 radical (unpaired) electrons. The second-order valence-corrected chi connectivity index (χ2v) is 4.97. The van der Waals surface area contributed by atoms with E-state index in [-0.39, 0.29) is 5.54 Å². The van der Waals surface area contributed by atoms with E-state index in [9.17, 15) is 4.79 Å². The Morgan fingerprint density at radius 1 is 1.25 bits per heavy atom. The van der Waals surface area contributed by atoms with Gasteiger partial charge in [-0.15, -0.1) is 12.3 Å². The molecular formula is C14H23NO. The van der Waals surface area contributed by atoms with E-state index in [2.05, 4.69) is 10.8 Å². The molecule has 1 aliphatic rings. The molecule has 0 N–H and O–H groups in total. The van der Waals surface area contributed by atoms with E-state index in [0.29, 0.717) is 18.6 Å². The van der Waals surface area contributed by atoms with E-state index in [1.165, 1.54) is 25.7 Å². The van der Waals surface area contributed by atoms with Gasteiger partial charge in [-0.05, 0) is 26.9 Å². The van der Waals surface area contributed by atoms with Crippen molar-refractivity contribution in [3.63, 3.8) is 0 Å². The van der Waals surface area contributed by atoms with Crippen molar-refractivity contribution >= 4 is 5.78 Å². The maximum atomic E-state index is 12.3. The first-order valence-electron chi connectivity index (χ1n) is 6.28. The highest BCUT2D eigenvalue weighted by molar-refractivity contribution is 5.88. The van der Waals surface area contributed by atoms with Gasteiger partial charge in [-0.3, -0.25) is 9.69 Å². The van der Waals surface area contributed by atoms with Crippen molar-refractivity contribution in [2.45, 2.75) is 56.9 Å². The number of likely N-dealkylation sites (N-methyl/N-ethyl adjacent to an activating group) is 1. The monoisotopic (exact) mass is 221 g/mol. The zero-order valence-corrected chi connectivity index (χ0v) is 10.6. The number of carbonyl (C=O) groups is 1. The maximum Gasteiger partial charge on any atom is 0.154 e. The van der Waals surface area contributed by atoms with Crippen LogP contribution in [0.15, 0.2) is 0 Å². The zero-order valence-electron chi connectivity index (χ0n) is 10.6. The van der Waals surface area contributed by atoms with Crippen molar-refractivity contribution in [3.05, 3.63) is 0 Å². The lowest BCUT2D eigenvalue weighted by atomic mass is 9.82. The molecule has 0 heterocycles. The molecule has 0 unspecified atom stereocenters. The number of hydrogen-bond donors (Lipinski definition) is 0. The van der Waals surface area contributed by atoms with Gasteiger partial charge in [0.1, 0.15) is 0 Å². The lowest BCUT2D eigenvalue weighted by molar-refractivity contribution is -0.130. The normalized spacial score (nSPS) is 20.1. The molecule has 0 aromatic heterocycles. The molecule has 1 rings (SSSR count). The van der Waals surface area contributed by atoms with Crippen LogP contribution in [0.25, 0.3) is 0 Å². The van der Waals surface area contributed by atoms with Crippen molar-refractivity contribution in [2.75, 3.05) is 14.1 Å². The summed E-state index contributed by atoms with van der Waals surface area (Å²) in [6.07, 6.45) is 13.2. The minimum atomic E-state index is -0.229. The Kier molecular flexibility index (Phi) is 5.02. The molecule has 0 aromatic rings. The van der Waals surface area contributed by atoms with Crippen LogP contribution in [0.2, 0.25) is 0 Å². The van der Waals surface area contributed by atoms with Gasteiger partial charge in [-0.25, -0.2) is 0 Å². The molecular weight excluding hydrogens is 198 g/mol. The summed E-state index contributed by atoms with van der Waals surface area (Å²) in [6.45, 7) is 0. The Morgan fingerprint density at radius 3 is 2.25 bits per heavy atom. The van der Waals surface area contributed by atoms with E-state index in [0.717, 1.165) is 12.8 Å². The van der Waals surface area contributed by atoms with Crippen LogP contribution < -0.4 is 0 Å². The van der Waals surface area contributed by atoms with Crippen LogP contribution in [0.5, 0.6) is 0 Å². The summed E-state index contributed by atoms with van der Waals surface area (Å²) >= 11 is 0. The smallest absolute Gasteiger partial charge is 0.154 e. The fraction of sp³-hybridized carbons (Fsp3) is 0.786. The van der Waals surface area contributed by atoms with Crippen molar-refractivity contribution in [1.29, 1.82) is 0 Å². The maximum absolute atomic E-state index is 12.3. The molecule has 0 atom stereocenters. The SMILES string of the molecule is C#CCCC(=O)C1(N(C)C)CCCCCC1. The Hall–Kier alpha value is -0.810. The fourth-order valence-corrected chi connectivity index (χ4v) is 2.71. The van der Waals surface area contributed by atoms with Crippen molar-refractivity contribution < 1.29 is 4.79 Å². The Bertz CT molecular complexity index is 267. The number of terminal acetylenes is 1. The molecule has 0 saturated heterocycles. The molecule has 1 aliphatic carbocycles. The van der Waals surface area contributed by atoms with Crippen molar-refractivity contribution in [1.82, 2.24) is 4.90 Å². The molecule has 0 amide bonds. The highest BCUT2D eigenvalue weighted by atomic mass is 16.1. The quantitative estimate of drug-likeness (QED) is 0.537. The number of nitrogens with zero attached hydrogens (tertiary/aromatic N) is 1.